The Bertz CT molecular complexity index is 795. The van der Waals surface area contributed by atoms with Crippen LogP contribution in [0.3, 0.4) is 0 Å². The van der Waals surface area contributed by atoms with Gasteiger partial charge in [-0.3, -0.25) is 9.59 Å². The summed E-state index contributed by atoms with van der Waals surface area (Å²) in [4.78, 5) is 24.6. The first-order valence-electron chi connectivity index (χ1n) is 6.72. The summed E-state index contributed by atoms with van der Waals surface area (Å²) < 4.78 is 1.26. The quantitative estimate of drug-likeness (QED) is 0.873. The van der Waals surface area contributed by atoms with E-state index in [1.165, 1.54) is 29.0 Å². The van der Waals surface area contributed by atoms with E-state index in [1.807, 2.05) is 0 Å². The van der Waals surface area contributed by atoms with E-state index in [1.54, 1.807) is 6.20 Å². The summed E-state index contributed by atoms with van der Waals surface area (Å²) in [5, 5.41) is 17.7. The van der Waals surface area contributed by atoms with E-state index in [-0.39, 0.29) is 28.4 Å². The highest BCUT2D eigenvalue weighted by atomic mass is 35.5. The maximum Gasteiger partial charge on any atom is 0.216 e. The molecule has 0 bridgehead atoms. The van der Waals surface area contributed by atoms with Crippen LogP contribution < -0.4 is 0 Å². The fraction of sp³-hybridized carbons (Fsp3) is 0.200. The molecule has 0 amide bonds. The lowest BCUT2D eigenvalue weighted by Gasteiger charge is -2.15. The smallest absolute Gasteiger partial charge is 0.216 e. The second-order valence-electron chi connectivity index (χ2n) is 4.87. The molecule has 1 aromatic carbocycles. The maximum absolute atomic E-state index is 12.5. The Hall–Kier alpha value is -2.47. The number of ketones is 2. The third kappa shape index (κ3) is 2.42. The largest absolute Gasteiger partial charge is 0.507 e. The van der Waals surface area contributed by atoms with Crippen molar-refractivity contribution in [1.29, 1.82) is 0 Å². The summed E-state index contributed by atoms with van der Waals surface area (Å²) in [6, 6.07) is 4.41. The van der Waals surface area contributed by atoms with Crippen LogP contribution in [0, 0.1) is 0 Å². The van der Waals surface area contributed by atoms with Gasteiger partial charge in [0.15, 0.2) is 5.78 Å². The van der Waals surface area contributed by atoms with Crippen LogP contribution in [0.5, 0.6) is 5.75 Å². The van der Waals surface area contributed by atoms with Crippen LogP contribution in [0.1, 0.15) is 32.8 Å². The zero-order valence-electron chi connectivity index (χ0n) is 11.5. The molecule has 7 heteroatoms. The number of aromatic nitrogens is 3. The van der Waals surface area contributed by atoms with Gasteiger partial charge in [0.2, 0.25) is 5.78 Å². The van der Waals surface area contributed by atoms with E-state index in [0.29, 0.717) is 18.0 Å². The summed E-state index contributed by atoms with van der Waals surface area (Å²) in [5.74, 6) is -0.516. The SMILES string of the molecule is O=C1C=C(n2cc(CCCCl)nn2)C(=O)c2c(O)cccc21. The van der Waals surface area contributed by atoms with Crippen LogP contribution >= 0.6 is 11.6 Å². The molecule has 0 fully saturated rings. The van der Waals surface area contributed by atoms with Gasteiger partial charge >= 0.3 is 0 Å². The number of allylic oxidation sites excluding steroid dienone is 2. The molecule has 0 spiro atoms. The molecule has 1 heterocycles. The standard InChI is InChI=1S/C15H12ClN3O3/c16-6-2-3-9-8-19(18-17-9)11-7-13(21)10-4-1-5-12(20)14(10)15(11)22/h1,4-5,7-8,20H,2-3,6H2. The van der Waals surface area contributed by atoms with Crippen LogP contribution in [0.25, 0.3) is 5.70 Å². The van der Waals surface area contributed by atoms with Gasteiger partial charge in [-0.2, -0.15) is 0 Å². The van der Waals surface area contributed by atoms with E-state index in [2.05, 4.69) is 10.3 Å². The first-order chi connectivity index (χ1) is 10.6. The summed E-state index contributed by atoms with van der Waals surface area (Å²) in [7, 11) is 0. The molecule has 112 valence electrons. The summed E-state index contributed by atoms with van der Waals surface area (Å²) in [6.45, 7) is 0. The summed E-state index contributed by atoms with van der Waals surface area (Å²) >= 11 is 5.63. The van der Waals surface area contributed by atoms with Crippen LogP contribution in [-0.2, 0) is 6.42 Å². The molecule has 0 atom stereocenters. The Morgan fingerprint density at radius 2 is 2.09 bits per heavy atom. The predicted molar refractivity (Wildman–Crippen MR) is 80.1 cm³/mol. The van der Waals surface area contributed by atoms with Crippen molar-refractivity contribution in [2.75, 3.05) is 5.88 Å². The topological polar surface area (TPSA) is 85.1 Å². The average Bonchev–Trinajstić information content (AvgIpc) is 2.97. The number of benzene rings is 1. The number of alkyl halides is 1. The van der Waals surface area contributed by atoms with Gasteiger partial charge in [-0.15, -0.1) is 16.7 Å². The van der Waals surface area contributed by atoms with Gasteiger partial charge in [0.25, 0.3) is 0 Å². The first-order valence-corrected chi connectivity index (χ1v) is 7.25. The molecular weight excluding hydrogens is 306 g/mol. The highest BCUT2D eigenvalue weighted by Gasteiger charge is 2.29. The van der Waals surface area contributed by atoms with E-state index in [4.69, 9.17) is 11.6 Å². The van der Waals surface area contributed by atoms with Crippen molar-refractivity contribution in [2.45, 2.75) is 12.8 Å². The van der Waals surface area contributed by atoms with Crippen LogP contribution in [0.15, 0.2) is 30.5 Å². The van der Waals surface area contributed by atoms with E-state index < -0.39 is 5.78 Å². The normalized spacial score (nSPS) is 14.0. The molecule has 1 aromatic heterocycles. The number of hydrogen-bond acceptors (Lipinski definition) is 5. The number of halogens is 1. The minimum Gasteiger partial charge on any atom is -0.507 e. The number of aromatic hydroxyl groups is 1. The third-order valence-electron chi connectivity index (χ3n) is 3.39. The molecule has 0 radical (unpaired) electrons. The van der Waals surface area contributed by atoms with Crippen molar-refractivity contribution in [3.63, 3.8) is 0 Å². The van der Waals surface area contributed by atoms with Crippen molar-refractivity contribution < 1.29 is 14.7 Å². The number of carbonyl (C=O) groups is 2. The van der Waals surface area contributed by atoms with Crippen molar-refractivity contribution in [2.24, 2.45) is 0 Å². The number of fused-ring (bicyclic) bond motifs is 1. The number of nitrogens with zero attached hydrogens (tertiary/aromatic N) is 3. The minimum absolute atomic E-state index is 0.00260. The zero-order valence-corrected chi connectivity index (χ0v) is 12.2. The monoisotopic (exact) mass is 317 g/mol. The molecule has 3 rings (SSSR count). The second-order valence-corrected chi connectivity index (χ2v) is 5.25. The summed E-state index contributed by atoms with van der Waals surface area (Å²) in [6.07, 6.45) is 4.19. The number of aryl methyl sites for hydroxylation is 1. The Kier molecular flexibility index (Phi) is 3.77. The van der Waals surface area contributed by atoms with Crippen LogP contribution in [0.4, 0.5) is 0 Å². The Morgan fingerprint density at radius 3 is 2.86 bits per heavy atom. The fourth-order valence-electron chi connectivity index (χ4n) is 2.33. The van der Waals surface area contributed by atoms with Crippen molar-refractivity contribution in [3.05, 3.63) is 47.3 Å². The molecule has 2 aromatic rings. The lowest BCUT2D eigenvalue weighted by Crippen LogP contribution is -2.20. The van der Waals surface area contributed by atoms with Crippen LogP contribution in [0.2, 0.25) is 0 Å². The van der Waals surface area contributed by atoms with Gasteiger partial charge in [0, 0.05) is 17.5 Å². The highest BCUT2D eigenvalue weighted by Crippen LogP contribution is 2.30. The Balaban J connectivity index is 1.99. The fourth-order valence-corrected chi connectivity index (χ4v) is 2.46. The van der Waals surface area contributed by atoms with Gasteiger partial charge in [0.05, 0.1) is 17.5 Å². The van der Waals surface area contributed by atoms with Crippen molar-refractivity contribution in [1.82, 2.24) is 15.0 Å². The Labute approximate surface area is 131 Å². The molecule has 0 unspecified atom stereocenters. The number of phenols is 1. The van der Waals surface area contributed by atoms with Gasteiger partial charge in [-0.25, -0.2) is 4.68 Å². The molecule has 1 N–H and O–H groups in total. The maximum atomic E-state index is 12.5. The number of Topliss-reactive ketones (excluding diaryl/α,β-unsaturated/α-hetero) is 1. The molecular formula is C15H12ClN3O3. The second kappa shape index (κ2) is 5.73. The van der Waals surface area contributed by atoms with E-state index in [9.17, 15) is 14.7 Å². The molecule has 0 saturated carbocycles. The predicted octanol–water partition coefficient (Wildman–Crippen LogP) is 2.08. The number of hydrogen-bond donors (Lipinski definition) is 1. The number of phenolic OH excluding ortho intramolecular Hbond substituents is 1. The molecule has 6 nitrogen and oxygen atoms in total. The molecule has 22 heavy (non-hydrogen) atoms. The Morgan fingerprint density at radius 1 is 1.27 bits per heavy atom. The summed E-state index contributed by atoms with van der Waals surface area (Å²) in [5.41, 5.74) is 0.951. The van der Waals surface area contributed by atoms with Gasteiger partial charge in [-0.05, 0) is 18.9 Å². The molecule has 1 aliphatic carbocycles. The van der Waals surface area contributed by atoms with Gasteiger partial charge in [0.1, 0.15) is 11.4 Å². The molecule has 0 aliphatic heterocycles. The average molecular weight is 318 g/mol. The zero-order chi connectivity index (χ0) is 15.7. The first kappa shape index (κ1) is 14.5. The lowest BCUT2D eigenvalue weighted by molar-refractivity contribution is 0.0994. The van der Waals surface area contributed by atoms with E-state index >= 15 is 0 Å². The highest BCUT2D eigenvalue weighted by molar-refractivity contribution is 6.36. The number of carbonyl (C=O) groups excluding carboxylic acids is 2. The van der Waals surface area contributed by atoms with Gasteiger partial charge < -0.3 is 5.11 Å². The van der Waals surface area contributed by atoms with Crippen molar-refractivity contribution >= 4 is 28.9 Å². The third-order valence-corrected chi connectivity index (χ3v) is 3.66. The van der Waals surface area contributed by atoms with E-state index in [0.717, 1.165) is 6.42 Å². The van der Waals surface area contributed by atoms with Crippen LogP contribution in [-0.4, -0.2) is 37.5 Å². The lowest BCUT2D eigenvalue weighted by atomic mass is 9.92. The van der Waals surface area contributed by atoms with Gasteiger partial charge in [-0.1, -0.05) is 17.3 Å². The number of rotatable bonds is 4. The van der Waals surface area contributed by atoms with Crippen molar-refractivity contribution in [3.8, 4) is 5.75 Å². The molecule has 0 saturated heterocycles. The minimum atomic E-state index is -0.457. The molecule has 1 aliphatic rings.